The van der Waals surface area contributed by atoms with E-state index in [0.717, 1.165) is 29.9 Å². The average molecular weight is 207 g/mol. The Morgan fingerprint density at radius 3 is 2.73 bits per heavy atom. The van der Waals surface area contributed by atoms with Crippen LogP contribution in [0.4, 0.5) is 5.82 Å². The van der Waals surface area contributed by atoms with Gasteiger partial charge in [0.1, 0.15) is 5.82 Å². The lowest BCUT2D eigenvalue weighted by Crippen LogP contribution is -2.28. The van der Waals surface area contributed by atoms with Gasteiger partial charge in [0.25, 0.3) is 0 Å². The molecule has 15 heavy (non-hydrogen) atoms. The third-order valence-corrected chi connectivity index (χ3v) is 2.96. The molecule has 0 radical (unpaired) electrons. The largest absolute Gasteiger partial charge is 0.354 e. The quantitative estimate of drug-likeness (QED) is 0.703. The lowest BCUT2D eigenvalue weighted by atomic mass is 10.2. The fraction of sp³-hybridized carbons (Fsp3) is 0.636. The van der Waals surface area contributed by atoms with E-state index in [0.29, 0.717) is 6.04 Å². The highest BCUT2D eigenvalue weighted by molar-refractivity contribution is 5.85. The van der Waals surface area contributed by atoms with Crippen LogP contribution in [0.3, 0.4) is 0 Å². The number of nitrogens with zero attached hydrogens (tertiary/aromatic N) is 3. The molecule has 0 saturated heterocycles. The van der Waals surface area contributed by atoms with Gasteiger partial charge < -0.3 is 4.90 Å². The summed E-state index contributed by atoms with van der Waals surface area (Å²) in [6, 6.07) is 0.614. The molecule has 4 nitrogen and oxygen atoms in total. The minimum Gasteiger partial charge on any atom is -0.354 e. The van der Waals surface area contributed by atoms with Crippen LogP contribution < -0.4 is 4.90 Å². The van der Waals surface area contributed by atoms with Crippen LogP contribution in [-0.4, -0.2) is 28.7 Å². The first-order valence-electron chi connectivity index (χ1n) is 5.44. The van der Waals surface area contributed by atoms with Gasteiger partial charge in [0.2, 0.25) is 0 Å². The molecular formula is C11H17N3O. The molecule has 1 aromatic rings. The van der Waals surface area contributed by atoms with Gasteiger partial charge in [-0.05, 0) is 26.7 Å². The van der Waals surface area contributed by atoms with Crippen LogP contribution in [0.15, 0.2) is 0 Å². The Kier molecular flexibility index (Phi) is 2.50. The molecule has 0 bridgehead atoms. The highest BCUT2D eigenvalue weighted by Crippen LogP contribution is 2.33. The van der Waals surface area contributed by atoms with Crippen molar-refractivity contribution in [1.29, 1.82) is 0 Å². The zero-order valence-electron chi connectivity index (χ0n) is 9.53. The standard InChI is InChI=1S/C11H17N3O/c1-4-14(9-5-6-9)11-10(7-15)8(2)12-13(11)3/h7,9H,4-6H2,1-3H3. The van der Waals surface area contributed by atoms with E-state index >= 15 is 0 Å². The van der Waals surface area contributed by atoms with Gasteiger partial charge in [0, 0.05) is 19.6 Å². The number of carbonyl (C=O) groups is 1. The number of aromatic nitrogens is 2. The van der Waals surface area contributed by atoms with Crippen LogP contribution in [0, 0.1) is 6.92 Å². The fourth-order valence-electron chi connectivity index (χ4n) is 2.11. The van der Waals surface area contributed by atoms with Gasteiger partial charge in [-0.2, -0.15) is 5.10 Å². The van der Waals surface area contributed by atoms with Crippen molar-refractivity contribution in [3.8, 4) is 0 Å². The van der Waals surface area contributed by atoms with Crippen LogP contribution in [0.25, 0.3) is 0 Å². The Morgan fingerprint density at radius 2 is 2.27 bits per heavy atom. The number of rotatable bonds is 4. The molecule has 1 saturated carbocycles. The number of aldehydes is 1. The zero-order valence-corrected chi connectivity index (χ0v) is 9.53. The van der Waals surface area contributed by atoms with Crippen molar-refractivity contribution in [3.05, 3.63) is 11.3 Å². The summed E-state index contributed by atoms with van der Waals surface area (Å²) in [6.45, 7) is 4.94. The molecule has 4 heteroatoms. The SMILES string of the molecule is CCN(c1c(C=O)c(C)nn1C)C1CC1. The molecule has 0 amide bonds. The van der Waals surface area contributed by atoms with Crippen molar-refractivity contribution in [2.75, 3.05) is 11.4 Å². The monoisotopic (exact) mass is 207 g/mol. The molecule has 0 aliphatic heterocycles. The summed E-state index contributed by atoms with van der Waals surface area (Å²) in [5.74, 6) is 0.979. The molecule has 82 valence electrons. The van der Waals surface area contributed by atoms with E-state index in [1.54, 1.807) is 0 Å². The van der Waals surface area contributed by atoms with Crippen molar-refractivity contribution in [1.82, 2.24) is 9.78 Å². The van der Waals surface area contributed by atoms with E-state index in [-0.39, 0.29) is 0 Å². The number of hydrogen-bond donors (Lipinski definition) is 0. The predicted octanol–water partition coefficient (Wildman–Crippen LogP) is 1.53. The Labute approximate surface area is 89.9 Å². The van der Waals surface area contributed by atoms with Gasteiger partial charge in [-0.25, -0.2) is 0 Å². The molecule has 1 aliphatic carbocycles. The summed E-state index contributed by atoms with van der Waals surface area (Å²) in [5, 5.41) is 4.30. The molecule has 0 aromatic carbocycles. The van der Waals surface area contributed by atoms with E-state index < -0.39 is 0 Å². The lowest BCUT2D eigenvalue weighted by molar-refractivity contribution is 0.112. The average Bonchev–Trinajstić information content (AvgIpc) is 2.97. The van der Waals surface area contributed by atoms with Gasteiger partial charge in [0.15, 0.2) is 6.29 Å². The van der Waals surface area contributed by atoms with Gasteiger partial charge >= 0.3 is 0 Å². The van der Waals surface area contributed by atoms with Gasteiger partial charge in [0.05, 0.1) is 11.3 Å². The first-order chi connectivity index (χ1) is 7.19. The minimum absolute atomic E-state index is 0.614. The zero-order chi connectivity index (χ0) is 11.0. The molecule has 0 atom stereocenters. The predicted molar refractivity (Wildman–Crippen MR) is 59.4 cm³/mol. The first kappa shape index (κ1) is 10.2. The molecule has 1 aliphatic rings. The normalized spacial score (nSPS) is 15.4. The molecule has 2 rings (SSSR count). The van der Waals surface area contributed by atoms with Crippen molar-refractivity contribution in [2.24, 2.45) is 7.05 Å². The van der Waals surface area contributed by atoms with Crippen molar-refractivity contribution >= 4 is 12.1 Å². The second kappa shape index (κ2) is 3.68. The summed E-state index contributed by atoms with van der Waals surface area (Å²) in [5.41, 5.74) is 1.56. The molecule has 0 spiro atoms. The Balaban J connectivity index is 2.43. The second-order valence-electron chi connectivity index (χ2n) is 4.08. The van der Waals surface area contributed by atoms with Gasteiger partial charge in [-0.15, -0.1) is 0 Å². The van der Waals surface area contributed by atoms with E-state index in [9.17, 15) is 4.79 Å². The minimum atomic E-state index is 0.614. The van der Waals surface area contributed by atoms with Crippen LogP contribution in [-0.2, 0) is 7.05 Å². The fourth-order valence-corrected chi connectivity index (χ4v) is 2.11. The van der Waals surface area contributed by atoms with Crippen LogP contribution in [0.1, 0.15) is 35.8 Å². The summed E-state index contributed by atoms with van der Waals surface area (Å²) >= 11 is 0. The number of aryl methyl sites for hydroxylation is 2. The number of carbonyl (C=O) groups excluding carboxylic acids is 1. The molecule has 1 aromatic heterocycles. The molecule has 0 N–H and O–H groups in total. The summed E-state index contributed by atoms with van der Waals surface area (Å²) in [4.78, 5) is 13.3. The third kappa shape index (κ3) is 1.64. The van der Waals surface area contributed by atoms with Gasteiger partial charge in [-0.3, -0.25) is 9.48 Å². The van der Waals surface area contributed by atoms with Crippen molar-refractivity contribution in [2.45, 2.75) is 32.7 Å². The van der Waals surface area contributed by atoms with Crippen LogP contribution in [0.5, 0.6) is 0 Å². The smallest absolute Gasteiger partial charge is 0.155 e. The van der Waals surface area contributed by atoms with E-state index in [2.05, 4.69) is 16.9 Å². The lowest BCUT2D eigenvalue weighted by Gasteiger charge is -2.23. The Bertz CT molecular complexity index is 379. The summed E-state index contributed by atoms with van der Waals surface area (Å²) < 4.78 is 1.82. The number of hydrogen-bond acceptors (Lipinski definition) is 3. The van der Waals surface area contributed by atoms with E-state index in [4.69, 9.17) is 0 Å². The Hall–Kier alpha value is -1.32. The first-order valence-corrected chi connectivity index (χ1v) is 5.44. The topological polar surface area (TPSA) is 38.1 Å². The molecule has 1 heterocycles. The highest BCUT2D eigenvalue weighted by Gasteiger charge is 2.31. The Morgan fingerprint density at radius 1 is 1.60 bits per heavy atom. The van der Waals surface area contributed by atoms with Crippen LogP contribution >= 0.6 is 0 Å². The third-order valence-electron chi connectivity index (χ3n) is 2.96. The van der Waals surface area contributed by atoms with Gasteiger partial charge in [-0.1, -0.05) is 0 Å². The summed E-state index contributed by atoms with van der Waals surface area (Å²) in [6.07, 6.45) is 3.38. The molecule has 0 unspecified atom stereocenters. The molecule has 1 fully saturated rings. The maximum absolute atomic E-state index is 11.0. The maximum atomic E-state index is 11.0. The van der Waals surface area contributed by atoms with Crippen molar-refractivity contribution < 1.29 is 4.79 Å². The molecular weight excluding hydrogens is 190 g/mol. The van der Waals surface area contributed by atoms with Crippen LogP contribution in [0.2, 0.25) is 0 Å². The van der Waals surface area contributed by atoms with E-state index in [1.165, 1.54) is 12.8 Å². The van der Waals surface area contributed by atoms with E-state index in [1.807, 2.05) is 18.7 Å². The van der Waals surface area contributed by atoms with Crippen molar-refractivity contribution in [3.63, 3.8) is 0 Å². The maximum Gasteiger partial charge on any atom is 0.155 e. The second-order valence-corrected chi connectivity index (χ2v) is 4.08. The summed E-state index contributed by atoms with van der Waals surface area (Å²) in [7, 11) is 1.90. The number of anilines is 1. The highest BCUT2D eigenvalue weighted by atomic mass is 16.1.